The van der Waals surface area contributed by atoms with E-state index in [2.05, 4.69) is 24.3 Å². The van der Waals surface area contributed by atoms with Gasteiger partial charge in [0, 0.05) is 11.0 Å². The van der Waals surface area contributed by atoms with Gasteiger partial charge in [0.2, 0.25) is 0 Å². The van der Waals surface area contributed by atoms with E-state index in [9.17, 15) is 5.11 Å². The molecule has 0 bridgehead atoms. The Morgan fingerprint density at radius 3 is 2.73 bits per heavy atom. The van der Waals surface area contributed by atoms with E-state index < -0.39 is 0 Å². The van der Waals surface area contributed by atoms with Crippen LogP contribution in [0.2, 0.25) is 0 Å². The molecule has 2 aromatic carbocycles. The molecule has 1 N–H and O–H groups in total. The lowest BCUT2D eigenvalue weighted by atomic mass is 10.1. The molecule has 0 unspecified atom stereocenters. The zero-order valence-corrected chi connectivity index (χ0v) is 13.5. The van der Waals surface area contributed by atoms with Gasteiger partial charge in [-0.3, -0.25) is 0 Å². The number of allylic oxidation sites excluding steroid dienone is 1. The summed E-state index contributed by atoms with van der Waals surface area (Å²) in [7, 11) is 0. The lowest BCUT2D eigenvalue weighted by Gasteiger charge is -2.00. The molecule has 4 rings (SSSR count). The first kappa shape index (κ1) is 13.5. The minimum atomic E-state index is 0.318. The molecule has 0 fully saturated rings. The van der Waals surface area contributed by atoms with E-state index in [-0.39, 0.29) is 0 Å². The molecule has 0 aliphatic carbocycles. The normalized spacial score (nSPS) is 12.8. The van der Waals surface area contributed by atoms with Crippen molar-refractivity contribution in [1.82, 2.24) is 4.98 Å². The van der Waals surface area contributed by atoms with E-state index in [4.69, 9.17) is 4.98 Å². The molecule has 0 saturated carbocycles. The number of aromatic nitrogens is 1. The number of nitrogens with zero attached hydrogens (tertiary/aromatic N) is 1. The number of hydrogen-bond acceptors (Lipinski definition) is 4. The van der Waals surface area contributed by atoms with E-state index in [1.807, 2.05) is 36.6 Å². The average molecular weight is 323 g/mol. The highest BCUT2D eigenvalue weighted by atomic mass is 32.1. The van der Waals surface area contributed by atoms with Gasteiger partial charge in [0.25, 0.3) is 0 Å². The van der Waals surface area contributed by atoms with E-state index in [1.165, 1.54) is 16.7 Å². The molecule has 0 amide bonds. The number of fused-ring (bicyclic) bond motifs is 3. The Kier molecular flexibility index (Phi) is 3.21. The summed E-state index contributed by atoms with van der Waals surface area (Å²) in [6, 6.07) is 16.4. The van der Waals surface area contributed by atoms with Gasteiger partial charge >= 0.3 is 0 Å². The molecule has 4 heteroatoms. The summed E-state index contributed by atoms with van der Waals surface area (Å²) >= 11 is 3.15. The minimum absolute atomic E-state index is 0.318. The maximum Gasteiger partial charge on any atom is 0.138 e. The Labute approximate surface area is 136 Å². The quantitative estimate of drug-likeness (QED) is 0.462. The second kappa shape index (κ2) is 5.23. The molecule has 0 atom stereocenters. The van der Waals surface area contributed by atoms with Crippen molar-refractivity contribution in [2.24, 2.45) is 0 Å². The number of rotatable bonds is 2. The third-order valence-corrected chi connectivity index (χ3v) is 5.73. The van der Waals surface area contributed by atoms with Gasteiger partial charge in [-0.2, -0.15) is 0 Å². The Morgan fingerprint density at radius 2 is 1.91 bits per heavy atom. The van der Waals surface area contributed by atoms with Gasteiger partial charge in [-0.1, -0.05) is 36.4 Å². The van der Waals surface area contributed by atoms with Crippen molar-refractivity contribution in [3.63, 3.8) is 0 Å². The molecule has 0 aliphatic rings. The molecule has 22 heavy (non-hydrogen) atoms. The minimum Gasteiger partial charge on any atom is -0.506 e. The van der Waals surface area contributed by atoms with Crippen LogP contribution in [0.4, 0.5) is 0 Å². The van der Waals surface area contributed by atoms with Crippen LogP contribution in [0.3, 0.4) is 0 Å². The van der Waals surface area contributed by atoms with Crippen molar-refractivity contribution < 1.29 is 5.11 Å². The van der Waals surface area contributed by atoms with Gasteiger partial charge in [-0.05, 0) is 29.8 Å². The Bertz CT molecular complexity index is 996. The Balaban J connectivity index is 1.93. The third kappa shape index (κ3) is 2.12. The van der Waals surface area contributed by atoms with E-state index in [1.54, 1.807) is 11.3 Å². The molecule has 0 aliphatic heterocycles. The summed E-state index contributed by atoms with van der Waals surface area (Å²) in [6.07, 6.45) is 0. The van der Waals surface area contributed by atoms with Crippen LogP contribution in [0.25, 0.3) is 32.3 Å². The summed E-state index contributed by atoms with van der Waals surface area (Å²) in [6.45, 7) is 1.93. The summed E-state index contributed by atoms with van der Waals surface area (Å²) in [4.78, 5) is 5.65. The van der Waals surface area contributed by atoms with Crippen LogP contribution < -0.4 is 0 Å². The zero-order valence-electron chi connectivity index (χ0n) is 11.9. The first-order chi connectivity index (χ1) is 10.7. The molecule has 0 spiro atoms. The predicted octanol–water partition coefficient (Wildman–Crippen LogP) is 5.96. The molecular weight excluding hydrogens is 310 g/mol. The number of aliphatic hydroxyl groups is 1. The van der Waals surface area contributed by atoms with Crippen molar-refractivity contribution in [3.05, 3.63) is 63.8 Å². The first-order valence-corrected chi connectivity index (χ1v) is 8.66. The number of aliphatic hydroxyl groups excluding tert-OH is 1. The van der Waals surface area contributed by atoms with Gasteiger partial charge in [0.15, 0.2) is 0 Å². The summed E-state index contributed by atoms with van der Waals surface area (Å²) in [5, 5.41) is 15.6. The van der Waals surface area contributed by atoms with Crippen LogP contribution in [0.1, 0.15) is 16.8 Å². The molecular formula is C18H13NOS2. The van der Waals surface area contributed by atoms with Gasteiger partial charge in [-0.25, -0.2) is 4.98 Å². The third-order valence-electron chi connectivity index (χ3n) is 3.71. The smallest absolute Gasteiger partial charge is 0.138 e. The predicted molar refractivity (Wildman–Crippen MR) is 96.6 cm³/mol. The molecule has 108 valence electrons. The topological polar surface area (TPSA) is 33.1 Å². The largest absolute Gasteiger partial charge is 0.506 e. The number of thiazole rings is 1. The fourth-order valence-corrected chi connectivity index (χ4v) is 4.23. The van der Waals surface area contributed by atoms with Gasteiger partial charge in [0.1, 0.15) is 10.8 Å². The van der Waals surface area contributed by atoms with Crippen LogP contribution in [0.15, 0.2) is 53.9 Å². The molecule has 2 nitrogen and oxygen atoms in total. The van der Waals surface area contributed by atoms with Gasteiger partial charge in [0.05, 0.1) is 15.1 Å². The fraction of sp³-hybridized carbons (Fsp3) is 0.0556. The second-order valence-corrected chi connectivity index (χ2v) is 7.08. The lowest BCUT2D eigenvalue weighted by molar-refractivity contribution is 0.515. The second-order valence-electron chi connectivity index (χ2n) is 5.10. The lowest BCUT2D eigenvalue weighted by Crippen LogP contribution is -1.85. The first-order valence-electron chi connectivity index (χ1n) is 6.96. The summed E-state index contributed by atoms with van der Waals surface area (Å²) in [5.74, 6) is 0.318. The highest BCUT2D eigenvalue weighted by Crippen LogP contribution is 2.34. The van der Waals surface area contributed by atoms with Crippen LogP contribution in [-0.4, -0.2) is 10.1 Å². The van der Waals surface area contributed by atoms with Crippen molar-refractivity contribution in [1.29, 1.82) is 0 Å². The van der Waals surface area contributed by atoms with Crippen molar-refractivity contribution >= 4 is 55.0 Å². The van der Waals surface area contributed by atoms with Crippen LogP contribution in [0.5, 0.6) is 0 Å². The number of hydrogen-bond donors (Lipinski definition) is 1. The van der Waals surface area contributed by atoms with Crippen LogP contribution >= 0.6 is 22.7 Å². The van der Waals surface area contributed by atoms with Crippen molar-refractivity contribution in [2.75, 3.05) is 0 Å². The number of benzene rings is 2. The SMILES string of the molecule is CC(=C(O)c1cccs1)c1nc2c(ccc3ccccc32)s1. The van der Waals surface area contributed by atoms with Crippen molar-refractivity contribution in [3.8, 4) is 0 Å². The number of thiophene rings is 1. The molecule has 2 aromatic heterocycles. The monoisotopic (exact) mass is 323 g/mol. The average Bonchev–Trinajstić information content (AvgIpc) is 3.22. The standard InChI is InChI=1S/C18H13NOS2/c1-11(17(20)15-7-4-10-21-15)18-19-16-13-6-3-2-5-12(13)8-9-14(16)22-18/h2-10,20H,1H3. The Morgan fingerprint density at radius 1 is 1.05 bits per heavy atom. The highest BCUT2D eigenvalue weighted by Gasteiger charge is 2.13. The highest BCUT2D eigenvalue weighted by molar-refractivity contribution is 7.19. The van der Waals surface area contributed by atoms with Crippen LogP contribution in [0, 0.1) is 0 Å². The zero-order chi connectivity index (χ0) is 15.1. The Hall–Kier alpha value is -2.17. The van der Waals surface area contributed by atoms with Gasteiger partial charge < -0.3 is 5.11 Å². The van der Waals surface area contributed by atoms with Crippen LogP contribution in [-0.2, 0) is 0 Å². The molecule has 4 aromatic rings. The maximum atomic E-state index is 10.4. The molecule has 2 heterocycles. The van der Waals surface area contributed by atoms with E-state index >= 15 is 0 Å². The summed E-state index contributed by atoms with van der Waals surface area (Å²) in [5.41, 5.74) is 1.84. The fourth-order valence-electron chi connectivity index (χ4n) is 2.52. The molecule has 0 radical (unpaired) electrons. The van der Waals surface area contributed by atoms with Gasteiger partial charge in [-0.15, -0.1) is 22.7 Å². The maximum absolute atomic E-state index is 10.4. The van der Waals surface area contributed by atoms with E-state index in [0.29, 0.717) is 5.76 Å². The summed E-state index contributed by atoms with van der Waals surface area (Å²) < 4.78 is 1.15. The molecule has 0 saturated heterocycles. The van der Waals surface area contributed by atoms with Crippen molar-refractivity contribution in [2.45, 2.75) is 6.92 Å². The van der Waals surface area contributed by atoms with E-state index in [0.717, 1.165) is 31.1 Å².